The maximum Gasteiger partial charge on any atom is 0.275 e. The number of aromatic nitrogens is 1. The predicted octanol–water partition coefficient (Wildman–Crippen LogP) is 4.04. The van der Waals surface area contributed by atoms with Crippen molar-refractivity contribution in [1.29, 1.82) is 0 Å². The first-order valence-electron chi connectivity index (χ1n) is 6.80. The van der Waals surface area contributed by atoms with Crippen LogP contribution < -0.4 is 10.6 Å². The van der Waals surface area contributed by atoms with Crippen molar-refractivity contribution in [2.75, 3.05) is 17.2 Å². The molecule has 5 heteroatoms. The first kappa shape index (κ1) is 15.3. The molecule has 0 saturated carbocycles. The highest BCUT2D eigenvalue weighted by molar-refractivity contribution is 6.34. The number of carbonyl (C=O) groups is 1. The van der Waals surface area contributed by atoms with Gasteiger partial charge < -0.3 is 10.6 Å². The van der Waals surface area contributed by atoms with Crippen molar-refractivity contribution >= 4 is 29.0 Å². The second-order valence-electron chi connectivity index (χ2n) is 4.83. The molecule has 0 aliphatic heterocycles. The minimum atomic E-state index is -0.313. The number of amides is 1. The maximum absolute atomic E-state index is 12.3. The number of nitrogens with one attached hydrogen (secondary N) is 2. The molecule has 4 nitrogen and oxygen atoms in total. The van der Waals surface area contributed by atoms with Gasteiger partial charge in [0.15, 0.2) is 0 Å². The van der Waals surface area contributed by atoms with Crippen LogP contribution in [-0.4, -0.2) is 17.4 Å². The lowest BCUT2D eigenvalue weighted by molar-refractivity contribution is 0.102. The van der Waals surface area contributed by atoms with E-state index in [9.17, 15) is 4.79 Å². The second kappa shape index (κ2) is 6.59. The molecule has 0 aliphatic rings. The average molecular weight is 304 g/mol. The zero-order valence-electron chi connectivity index (χ0n) is 12.3. The van der Waals surface area contributed by atoms with E-state index in [1.807, 2.05) is 39.0 Å². The highest BCUT2D eigenvalue weighted by Crippen LogP contribution is 2.20. The van der Waals surface area contributed by atoms with E-state index in [1.165, 1.54) is 0 Å². The lowest BCUT2D eigenvalue weighted by Crippen LogP contribution is -2.16. The molecule has 110 valence electrons. The molecule has 1 aromatic heterocycles. The third-order valence-electron chi connectivity index (χ3n) is 3.05. The van der Waals surface area contributed by atoms with E-state index in [0.29, 0.717) is 10.8 Å². The maximum atomic E-state index is 12.3. The van der Waals surface area contributed by atoms with Crippen LogP contribution in [-0.2, 0) is 0 Å². The monoisotopic (exact) mass is 303 g/mol. The van der Waals surface area contributed by atoms with Gasteiger partial charge in [0, 0.05) is 12.2 Å². The molecule has 1 aromatic carbocycles. The number of rotatable bonds is 4. The quantitative estimate of drug-likeness (QED) is 0.896. The number of benzene rings is 1. The number of halogens is 1. The molecule has 2 aromatic rings. The van der Waals surface area contributed by atoms with E-state index in [1.54, 1.807) is 12.1 Å². The molecule has 0 bridgehead atoms. The Balaban J connectivity index is 2.25. The average Bonchev–Trinajstić information content (AvgIpc) is 2.44. The van der Waals surface area contributed by atoms with Crippen molar-refractivity contribution in [3.8, 4) is 0 Å². The van der Waals surface area contributed by atoms with Crippen LogP contribution in [0.3, 0.4) is 0 Å². The van der Waals surface area contributed by atoms with E-state index in [0.717, 1.165) is 23.4 Å². The molecule has 0 saturated heterocycles. The Bertz CT molecular complexity index is 671. The molecule has 0 unspecified atom stereocenters. The van der Waals surface area contributed by atoms with Gasteiger partial charge in [-0.3, -0.25) is 4.79 Å². The van der Waals surface area contributed by atoms with Gasteiger partial charge in [0.25, 0.3) is 5.91 Å². The molecule has 2 N–H and O–H groups in total. The standard InChI is InChI=1S/C16H18ClN3O/c1-4-18-14-8-6-12(17)15(20-14)16(21)19-13-7-5-10(2)9-11(13)3/h5-9H,4H2,1-3H3,(H,18,20)(H,19,21). The van der Waals surface area contributed by atoms with Crippen LogP contribution in [0.2, 0.25) is 5.02 Å². The predicted molar refractivity (Wildman–Crippen MR) is 87.3 cm³/mol. The lowest BCUT2D eigenvalue weighted by Gasteiger charge is -2.11. The first-order valence-corrected chi connectivity index (χ1v) is 7.18. The SMILES string of the molecule is CCNc1ccc(Cl)c(C(=O)Nc2ccc(C)cc2C)n1. The lowest BCUT2D eigenvalue weighted by atomic mass is 10.1. The number of carbonyl (C=O) groups excluding carboxylic acids is 1. The van der Waals surface area contributed by atoms with Gasteiger partial charge in [-0.05, 0) is 44.5 Å². The van der Waals surface area contributed by atoms with Gasteiger partial charge in [0.2, 0.25) is 0 Å². The topological polar surface area (TPSA) is 54.0 Å². The van der Waals surface area contributed by atoms with Crippen molar-refractivity contribution in [3.05, 3.63) is 52.2 Å². The van der Waals surface area contributed by atoms with E-state index < -0.39 is 0 Å². The minimum absolute atomic E-state index is 0.218. The summed E-state index contributed by atoms with van der Waals surface area (Å²) in [6, 6.07) is 9.26. The molecular weight excluding hydrogens is 286 g/mol. The fraction of sp³-hybridized carbons (Fsp3) is 0.250. The summed E-state index contributed by atoms with van der Waals surface area (Å²) in [5, 5.41) is 6.25. The van der Waals surface area contributed by atoms with E-state index >= 15 is 0 Å². The molecule has 0 spiro atoms. The van der Waals surface area contributed by atoms with Crippen LogP contribution in [0.25, 0.3) is 0 Å². The van der Waals surface area contributed by atoms with Gasteiger partial charge in [0.1, 0.15) is 11.5 Å². The molecule has 0 fully saturated rings. The third kappa shape index (κ3) is 3.73. The molecule has 2 rings (SSSR count). The largest absolute Gasteiger partial charge is 0.370 e. The number of pyridine rings is 1. The Kier molecular flexibility index (Phi) is 4.81. The smallest absolute Gasteiger partial charge is 0.275 e. The fourth-order valence-electron chi connectivity index (χ4n) is 2.02. The molecular formula is C16H18ClN3O. The molecule has 1 amide bonds. The Morgan fingerprint density at radius 2 is 2.00 bits per heavy atom. The van der Waals surface area contributed by atoms with Crippen LogP contribution in [0, 0.1) is 13.8 Å². The highest BCUT2D eigenvalue weighted by Gasteiger charge is 2.14. The van der Waals surface area contributed by atoms with Crippen LogP contribution in [0.5, 0.6) is 0 Å². The zero-order chi connectivity index (χ0) is 15.4. The Labute approximate surface area is 129 Å². The van der Waals surface area contributed by atoms with Crippen molar-refractivity contribution < 1.29 is 4.79 Å². The van der Waals surface area contributed by atoms with Crippen LogP contribution >= 0.6 is 11.6 Å². The van der Waals surface area contributed by atoms with Gasteiger partial charge >= 0.3 is 0 Å². The summed E-state index contributed by atoms with van der Waals surface area (Å²) in [6.07, 6.45) is 0. The van der Waals surface area contributed by atoms with E-state index in [2.05, 4.69) is 15.6 Å². The molecule has 0 radical (unpaired) electrons. The summed E-state index contributed by atoms with van der Waals surface area (Å²) >= 11 is 6.07. The number of anilines is 2. The number of aryl methyl sites for hydroxylation is 2. The number of nitrogens with zero attached hydrogens (tertiary/aromatic N) is 1. The molecule has 0 atom stereocenters. The number of hydrogen-bond donors (Lipinski definition) is 2. The van der Waals surface area contributed by atoms with E-state index in [4.69, 9.17) is 11.6 Å². The summed E-state index contributed by atoms with van der Waals surface area (Å²) in [5.41, 5.74) is 3.13. The first-order chi connectivity index (χ1) is 10.0. The zero-order valence-corrected chi connectivity index (χ0v) is 13.1. The summed E-state index contributed by atoms with van der Waals surface area (Å²) in [6.45, 7) is 6.65. The van der Waals surface area contributed by atoms with E-state index in [-0.39, 0.29) is 11.6 Å². The van der Waals surface area contributed by atoms with Crippen molar-refractivity contribution in [1.82, 2.24) is 4.98 Å². The molecule has 1 heterocycles. The number of hydrogen-bond acceptors (Lipinski definition) is 3. The van der Waals surface area contributed by atoms with Crippen LogP contribution in [0.4, 0.5) is 11.5 Å². The summed E-state index contributed by atoms with van der Waals surface area (Å²) in [5.74, 6) is 0.319. The normalized spacial score (nSPS) is 10.3. The molecule has 0 aliphatic carbocycles. The van der Waals surface area contributed by atoms with Gasteiger partial charge in [0.05, 0.1) is 5.02 Å². The Hall–Kier alpha value is -2.07. The van der Waals surface area contributed by atoms with Crippen molar-refractivity contribution in [3.63, 3.8) is 0 Å². The van der Waals surface area contributed by atoms with Crippen molar-refractivity contribution in [2.24, 2.45) is 0 Å². The summed E-state index contributed by atoms with van der Waals surface area (Å²) in [7, 11) is 0. The van der Waals surface area contributed by atoms with Gasteiger partial charge in [-0.25, -0.2) is 4.98 Å². The van der Waals surface area contributed by atoms with Gasteiger partial charge in [-0.2, -0.15) is 0 Å². The molecule has 21 heavy (non-hydrogen) atoms. The van der Waals surface area contributed by atoms with Gasteiger partial charge in [-0.15, -0.1) is 0 Å². The highest BCUT2D eigenvalue weighted by atomic mass is 35.5. The second-order valence-corrected chi connectivity index (χ2v) is 5.24. The van der Waals surface area contributed by atoms with Crippen molar-refractivity contribution in [2.45, 2.75) is 20.8 Å². The van der Waals surface area contributed by atoms with Crippen LogP contribution in [0.15, 0.2) is 30.3 Å². The summed E-state index contributed by atoms with van der Waals surface area (Å²) < 4.78 is 0. The Morgan fingerprint density at radius 3 is 2.67 bits per heavy atom. The third-order valence-corrected chi connectivity index (χ3v) is 3.35. The fourth-order valence-corrected chi connectivity index (χ4v) is 2.21. The van der Waals surface area contributed by atoms with Gasteiger partial charge in [-0.1, -0.05) is 29.3 Å². The Morgan fingerprint density at radius 1 is 1.24 bits per heavy atom. The summed E-state index contributed by atoms with van der Waals surface area (Å²) in [4.78, 5) is 16.6. The minimum Gasteiger partial charge on any atom is -0.370 e. The van der Waals surface area contributed by atoms with Crippen LogP contribution in [0.1, 0.15) is 28.5 Å².